The molecule has 1 rings (SSSR count). The number of hydrogen-bond donors (Lipinski definition) is 0. The highest BCUT2D eigenvalue weighted by Crippen LogP contribution is 2.18. The summed E-state index contributed by atoms with van der Waals surface area (Å²) in [7, 11) is 0. The number of aromatic nitrogens is 1. The lowest BCUT2D eigenvalue weighted by atomic mass is 10.1. The molecule has 1 heterocycles. The highest BCUT2D eigenvalue weighted by molar-refractivity contribution is 6.17. The second-order valence-corrected chi connectivity index (χ2v) is 4.87. The third-order valence-corrected chi connectivity index (χ3v) is 3.55. The summed E-state index contributed by atoms with van der Waals surface area (Å²) in [6, 6.07) is 4.17. The Morgan fingerprint density at radius 2 is 2.06 bits per heavy atom. The third-order valence-electron chi connectivity index (χ3n) is 3.26. The molecule has 0 bridgehead atoms. The second-order valence-electron chi connectivity index (χ2n) is 4.60. The van der Waals surface area contributed by atoms with Crippen molar-refractivity contribution in [2.45, 2.75) is 40.0 Å². The van der Waals surface area contributed by atoms with Gasteiger partial charge in [-0.05, 0) is 31.4 Å². The Labute approximate surface area is 110 Å². The van der Waals surface area contributed by atoms with E-state index in [2.05, 4.69) is 42.8 Å². The maximum atomic E-state index is 5.85. The minimum atomic E-state index is 0.538. The van der Waals surface area contributed by atoms with Crippen LogP contribution in [0.15, 0.2) is 12.1 Å². The number of halogens is 1. The minimum Gasteiger partial charge on any atom is -0.357 e. The van der Waals surface area contributed by atoms with Crippen molar-refractivity contribution < 1.29 is 0 Å². The lowest BCUT2D eigenvalue weighted by Crippen LogP contribution is -2.29. The van der Waals surface area contributed by atoms with Crippen molar-refractivity contribution in [2.75, 3.05) is 18.0 Å². The Morgan fingerprint density at radius 3 is 2.53 bits per heavy atom. The average Bonchev–Trinajstić information content (AvgIpc) is 2.35. The van der Waals surface area contributed by atoms with E-state index in [1.54, 1.807) is 0 Å². The second kappa shape index (κ2) is 6.85. The minimum absolute atomic E-state index is 0.538. The molecular weight excluding hydrogens is 232 g/mol. The Bertz CT molecular complexity index is 352. The van der Waals surface area contributed by atoms with Crippen molar-refractivity contribution in [3.8, 4) is 0 Å². The number of rotatable bonds is 6. The molecule has 17 heavy (non-hydrogen) atoms. The molecule has 1 aromatic rings. The molecule has 0 fully saturated rings. The van der Waals surface area contributed by atoms with Gasteiger partial charge in [0.2, 0.25) is 0 Å². The van der Waals surface area contributed by atoms with Gasteiger partial charge in [-0.2, -0.15) is 0 Å². The van der Waals surface area contributed by atoms with E-state index < -0.39 is 0 Å². The number of pyridine rings is 1. The average molecular weight is 255 g/mol. The highest BCUT2D eigenvalue weighted by Gasteiger charge is 2.10. The van der Waals surface area contributed by atoms with Crippen LogP contribution in [-0.4, -0.2) is 18.1 Å². The molecule has 96 valence electrons. The van der Waals surface area contributed by atoms with E-state index in [9.17, 15) is 0 Å². The molecule has 0 saturated carbocycles. The third kappa shape index (κ3) is 3.88. The summed E-state index contributed by atoms with van der Waals surface area (Å²) in [4.78, 5) is 6.98. The molecule has 2 nitrogen and oxygen atoms in total. The van der Waals surface area contributed by atoms with Crippen LogP contribution >= 0.6 is 11.6 Å². The van der Waals surface area contributed by atoms with Crippen LogP contribution < -0.4 is 4.90 Å². The fourth-order valence-electron chi connectivity index (χ4n) is 1.78. The van der Waals surface area contributed by atoms with Gasteiger partial charge in [0.1, 0.15) is 5.82 Å². The van der Waals surface area contributed by atoms with Crippen LogP contribution in [0.4, 0.5) is 5.82 Å². The summed E-state index contributed by atoms with van der Waals surface area (Å²) in [5, 5.41) is 0. The summed E-state index contributed by atoms with van der Waals surface area (Å²) in [5.74, 6) is 2.31. The zero-order valence-electron chi connectivity index (χ0n) is 11.3. The molecule has 1 atom stereocenters. The Kier molecular flexibility index (Phi) is 5.76. The van der Waals surface area contributed by atoms with Crippen LogP contribution in [0.25, 0.3) is 0 Å². The topological polar surface area (TPSA) is 16.1 Å². The number of anilines is 1. The molecule has 0 aliphatic heterocycles. The van der Waals surface area contributed by atoms with E-state index in [-0.39, 0.29) is 0 Å². The number of hydrogen-bond acceptors (Lipinski definition) is 2. The molecule has 3 heteroatoms. The number of aryl methyl sites for hydroxylation is 1. The molecule has 0 aliphatic rings. The molecular formula is C14H23ClN2. The summed E-state index contributed by atoms with van der Waals surface area (Å²) >= 11 is 5.85. The predicted octanol–water partition coefficient (Wildman–Crippen LogP) is 4.00. The van der Waals surface area contributed by atoms with E-state index in [0.717, 1.165) is 30.2 Å². The van der Waals surface area contributed by atoms with Gasteiger partial charge in [0.15, 0.2) is 0 Å². The van der Waals surface area contributed by atoms with Crippen molar-refractivity contribution >= 4 is 17.4 Å². The van der Waals surface area contributed by atoms with Gasteiger partial charge < -0.3 is 4.90 Å². The van der Waals surface area contributed by atoms with E-state index in [1.165, 1.54) is 6.42 Å². The largest absolute Gasteiger partial charge is 0.357 e. The molecule has 0 aromatic carbocycles. The number of alkyl halides is 1. The summed E-state index contributed by atoms with van der Waals surface area (Å²) in [6.45, 7) is 10.8. The summed E-state index contributed by atoms with van der Waals surface area (Å²) < 4.78 is 0. The molecule has 0 N–H and O–H groups in total. The lowest BCUT2D eigenvalue weighted by Gasteiger charge is -2.25. The quantitative estimate of drug-likeness (QED) is 0.714. The Hall–Kier alpha value is -0.760. The van der Waals surface area contributed by atoms with Crippen LogP contribution in [0.1, 0.15) is 38.4 Å². The fraction of sp³-hybridized carbons (Fsp3) is 0.643. The van der Waals surface area contributed by atoms with Crippen molar-refractivity contribution in [1.82, 2.24) is 4.98 Å². The molecule has 0 spiro atoms. The molecule has 0 aliphatic carbocycles. The Balaban J connectivity index is 2.85. The summed E-state index contributed by atoms with van der Waals surface area (Å²) in [6.07, 6.45) is 1.20. The van der Waals surface area contributed by atoms with Crippen molar-refractivity contribution in [3.05, 3.63) is 23.4 Å². The maximum Gasteiger partial charge on any atom is 0.128 e. The number of nitrogens with zero attached hydrogens (tertiary/aromatic N) is 2. The fourth-order valence-corrected chi connectivity index (χ4v) is 2.07. The first-order chi connectivity index (χ1) is 8.12. The van der Waals surface area contributed by atoms with Gasteiger partial charge in [-0.1, -0.05) is 26.3 Å². The van der Waals surface area contributed by atoms with Gasteiger partial charge in [-0.3, -0.25) is 0 Å². The SMILES string of the molecule is CCC(C)CN(CC)c1ccc(CCl)c(C)n1. The molecule has 1 unspecified atom stereocenters. The van der Waals surface area contributed by atoms with Crippen LogP contribution in [0.5, 0.6) is 0 Å². The normalized spacial score (nSPS) is 12.5. The maximum absolute atomic E-state index is 5.85. The first-order valence-electron chi connectivity index (χ1n) is 6.39. The van der Waals surface area contributed by atoms with Crippen LogP contribution in [0.2, 0.25) is 0 Å². The van der Waals surface area contributed by atoms with Crippen molar-refractivity contribution in [3.63, 3.8) is 0 Å². The van der Waals surface area contributed by atoms with Crippen molar-refractivity contribution in [1.29, 1.82) is 0 Å². The van der Waals surface area contributed by atoms with Gasteiger partial charge in [-0.25, -0.2) is 4.98 Å². The standard InChI is InChI=1S/C14H23ClN2/c1-5-11(3)10-17(6-2)14-8-7-13(9-15)12(4)16-14/h7-8,11H,5-6,9-10H2,1-4H3. The van der Waals surface area contributed by atoms with Crippen LogP contribution in [0, 0.1) is 12.8 Å². The van der Waals surface area contributed by atoms with E-state index in [0.29, 0.717) is 11.8 Å². The van der Waals surface area contributed by atoms with Gasteiger partial charge in [0, 0.05) is 24.7 Å². The molecule has 0 saturated heterocycles. The molecule has 0 radical (unpaired) electrons. The van der Waals surface area contributed by atoms with Crippen LogP contribution in [-0.2, 0) is 5.88 Å². The Morgan fingerprint density at radius 1 is 1.35 bits per heavy atom. The zero-order chi connectivity index (χ0) is 12.8. The lowest BCUT2D eigenvalue weighted by molar-refractivity contribution is 0.545. The zero-order valence-corrected chi connectivity index (χ0v) is 12.1. The van der Waals surface area contributed by atoms with Crippen LogP contribution in [0.3, 0.4) is 0 Å². The highest BCUT2D eigenvalue weighted by atomic mass is 35.5. The molecule has 1 aromatic heterocycles. The monoisotopic (exact) mass is 254 g/mol. The van der Waals surface area contributed by atoms with E-state index in [4.69, 9.17) is 11.6 Å². The first kappa shape index (κ1) is 14.3. The predicted molar refractivity (Wildman–Crippen MR) is 75.9 cm³/mol. The molecule has 0 amide bonds. The van der Waals surface area contributed by atoms with Gasteiger partial charge >= 0.3 is 0 Å². The summed E-state index contributed by atoms with van der Waals surface area (Å²) in [5.41, 5.74) is 2.16. The smallest absolute Gasteiger partial charge is 0.128 e. The van der Waals surface area contributed by atoms with E-state index >= 15 is 0 Å². The van der Waals surface area contributed by atoms with Gasteiger partial charge in [0.05, 0.1) is 0 Å². The van der Waals surface area contributed by atoms with Gasteiger partial charge in [-0.15, -0.1) is 11.6 Å². The van der Waals surface area contributed by atoms with E-state index in [1.807, 2.05) is 6.92 Å². The first-order valence-corrected chi connectivity index (χ1v) is 6.93. The van der Waals surface area contributed by atoms with Crippen molar-refractivity contribution in [2.24, 2.45) is 5.92 Å². The van der Waals surface area contributed by atoms with Gasteiger partial charge in [0.25, 0.3) is 0 Å².